The van der Waals surface area contributed by atoms with Gasteiger partial charge in [-0.3, -0.25) is 4.79 Å². The SMILES string of the molecule is CCN(C)c1ccc(C=O)s1. The Morgan fingerprint density at radius 2 is 2.36 bits per heavy atom. The minimum absolute atomic E-state index is 0.792. The quantitative estimate of drug-likeness (QED) is 0.645. The summed E-state index contributed by atoms with van der Waals surface area (Å²) in [5.74, 6) is 0. The van der Waals surface area contributed by atoms with Gasteiger partial charge in [0.1, 0.15) is 0 Å². The van der Waals surface area contributed by atoms with Crippen molar-refractivity contribution in [2.45, 2.75) is 6.92 Å². The van der Waals surface area contributed by atoms with Gasteiger partial charge in [0.15, 0.2) is 6.29 Å². The lowest BCUT2D eigenvalue weighted by Gasteiger charge is -2.12. The number of anilines is 1. The Morgan fingerprint density at radius 1 is 1.64 bits per heavy atom. The predicted octanol–water partition coefficient (Wildman–Crippen LogP) is 2.02. The first-order valence-electron chi connectivity index (χ1n) is 3.54. The standard InChI is InChI=1S/C8H11NOS/c1-3-9(2)8-5-4-7(6-10)11-8/h4-6H,3H2,1-2H3. The fourth-order valence-electron chi connectivity index (χ4n) is 0.767. The summed E-state index contributed by atoms with van der Waals surface area (Å²) in [4.78, 5) is 13.2. The van der Waals surface area contributed by atoms with E-state index in [-0.39, 0.29) is 0 Å². The number of hydrogen-bond acceptors (Lipinski definition) is 3. The lowest BCUT2D eigenvalue weighted by molar-refractivity contribution is 0.112. The van der Waals surface area contributed by atoms with Crippen LogP contribution in [0.15, 0.2) is 12.1 Å². The van der Waals surface area contributed by atoms with Gasteiger partial charge in [-0.25, -0.2) is 0 Å². The molecule has 0 unspecified atom stereocenters. The van der Waals surface area contributed by atoms with E-state index in [1.165, 1.54) is 11.3 Å². The normalized spacial score (nSPS) is 9.64. The molecule has 1 rings (SSSR count). The number of nitrogens with zero attached hydrogens (tertiary/aromatic N) is 1. The molecule has 0 bridgehead atoms. The van der Waals surface area contributed by atoms with Gasteiger partial charge in [-0.2, -0.15) is 0 Å². The van der Waals surface area contributed by atoms with Crippen LogP contribution in [0, 0.1) is 0 Å². The monoisotopic (exact) mass is 169 g/mol. The highest BCUT2D eigenvalue weighted by molar-refractivity contribution is 7.17. The van der Waals surface area contributed by atoms with Crippen LogP contribution in [0.2, 0.25) is 0 Å². The van der Waals surface area contributed by atoms with E-state index >= 15 is 0 Å². The zero-order valence-electron chi connectivity index (χ0n) is 6.70. The van der Waals surface area contributed by atoms with Crippen LogP contribution in [0.3, 0.4) is 0 Å². The van der Waals surface area contributed by atoms with Crippen molar-refractivity contribution < 1.29 is 4.79 Å². The molecule has 1 heterocycles. The van der Waals surface area contributed by atoms with Crippen molar-refractivity contribution in [1.82, 2.24) is 0 Å². The van der Waals surface area contributed by atoms with Gasteiger partial charge in [-0.15, -0.1) is 11.3 Å². The van der Waals surface area contributed by atoms with Crippen LogP contribution < -0.4 is 4.90 Å². The van der Waals surface area contributed by atoms with Gasteiger partial charge in [0.2, 0.25) is 0 Å². The second-order valence-corrected chi connectivity index (χ2v) is 3.40. The third-order valence-electron chi connectivity index (χ3n) is 1.58. The molecule has 0 radical (unpaired) electrons. The molecule has 0 aliphatic rings. The van der Waals surface area contributed by atoms with Gasteiger partial charge in [0.05, 0.1) is 9.88 Å². The van der Waals surface area contributed by atoms with Crippen molar-refractivity contribution in [2.24, 2.45) is 0 Å². The maximum atomic E-state index is 10.3. The van der Waals surface area contributed by atoms with Gasteiger partial charge in [0, 0.05) is 13.6 Å². The first-order chi connectivity index (χ1) is 5.27. The summed E-state index contributed by atoms with van der Waals surface area (Å²) in [5, 5.41) is 1.15. The molecule has 1 aromatic rings. The Kier molecular flexibility index (Phi) is 2.65. The molecule has 0 saturated heterocycles. The molecule has 0 atom stereocenters. The molecule has 0 saturated carbocycles. The summed E-state index contributed by atoms with van der Waals surface area (Å²) in [6.45, 7) is 3.05. The molecule has 11 heavy (non-hydrogen) atoms. The Hall–Kier alpha value is -0.830. The fraction of sp³-hybridized carbons (Fsp3) is 0.375. The number of aldehydes is 1. The van der Waals surface area contributed by atoms with E-state index in [1.807, 2.05) is 19.2 Å². The highest BCUT2D eigenvalue weighted by Crippen LogP contribution is 2.23. The van der Waals surface area contributed by atoms with Crippen LogP contribution in [-0.2, 0) is 0 Å². The molecular weight excluding hydrogens is 158 g/mol. The minimum Gasteiger partial charge on any atom is -0.367 e. The number of carbonyl (C=O) groups excluding carboxylic acids is 1. The van der Waals surface area contributed by atoms with E-state index in [1.54, 1.807) is 0 Å². The molecular formula is C8H11NOS. The molecule has 0 fully saturated rings. The van der Waals surface area contributed by atoms with Gasteiger partial charge in [-0.1, -0.05) is 0 Å². The first kappa shape index (κ1) is 8.27. The van der Waals surface area contributed by atoms with Crippen molar-refractivity contribution in [1.29, 1.82) is 0 Å². The second kappa shape index (κ2) is 3.53. The second-order valence-electron chi connectivity index (χ2n) is 2.31. The smallest absolute Gasteiger partial charge is 0.160 e. The molecule has 60 valence electrons. The molecule has 0 aliphatic carbocycles. The topological polar surface area (TPSA) is 20.3 Å². The maximum absolute atomic E-state index is 10.3. The van der Waals surface area contributed by atoms with E-state index in [4.69, 9.17) is 0 Å². The van der Waals surface area contributed by atoms with Gasteiger partial charge < -0.3 is 4.90 Å². The first-order valence-corrected chi connectivity index (χ1v) is 4.35. The van der Waals surface area contributed by atoms with Crippen molar-refractivity contribution in [2.75, 3.05) is 18.5 Å². The highest BCUT2D eigenvalue weighted by Gasteiger charge is 2.01. The summed E-state index contributed by atoms with van der Waals surface area (Å²) >= 11 is 1.52. The Balaban J connectivity index is 2.79. The van der Waals surface area contributed by atoms with Crippen LogP contribution >= 0.6 is 11.3 Å². The van der Waals surface area contributed by atoms with Crippen LogP contribution in [0.4, 0.5) is 5.00 Å². The number of thiophene rings is 1. The molecule has 0 N–H and O–H groups in total. The van der Waals surface area contributed by atoms with Crippen LogP contribution in [0.5, 0.6) is 0 Å². The summed E-state index contributed by atoms with van der Waals surface area (Å²) < 4.78 is 0. The summed E-state index contributed by atoms with van der Waals surface area (Å²) in [6, 6.07) is 3.82. The van der Waals surface area contributed by atoms with Crippen LogP contribution in [-0.4, -0.2) is 19.9 Å². The largest absolute Gasteiger partial charge is 0.367 e. The minimum atomic E-state index is 0.792. The van der Waals surface area contributed by atoms with Crippen molar-refractivity contribution in [3.05, 3.63) is 17.0 Å². The molecule has 0 spiro atoms. The van der Waals surface area contributed by atoms with Crippen molar-refractivity contribution >= 4 is 22.6 Å². The van der Waals surface area contributed by atoms with Crippen molar-refractivity contribution in [3.63, 3.8) is 0 Å². The number of rotatable bonds is 3. The molecule has 0 amide bonds. The zero-order valence-corrected chi connectivity index (χ0v) is 7.52. The molecule has 3 heteroatoms. The third kappa shape index (κ3) is 1.80. The Bertz CT molecular complexity index is 244. The zero-order chi connectivity index (χ0) is 8.27. The van der Waals surface area contributed by atoms with E-state index in [0.29, 0.717) is 0 Å². The lowest BCUT2D eigenvalue weighted by atomic mass is 10.5. The van der Waals surface area contributed by atoms with E-state index in [9.17, 15) is 4.79 Å². The summed E-state index contributed by atoms with van der Waals surface area (Å²) in [5.41, 5.74) is 0. The average Bonchev–Trinajstić information content (AvgIpc) is 2.50. The van der Waals surface area contributed by atoms with Crippen molar-refractivity contribution in [3.8, 4) is 0 Å². The summed E-state index contributed by atoms with van der Waals surface area (Å²) in [6.07, 6.45) is 0.887. The van der Waals surface area contributed by atoms with E-state index < -0.39 is 0 Å². The van der Waals surface area contributed by atoms with Crippen LogP contribution in [0.1, 0.15) is 16.6 Å². The predicted molar refractivity (Wildman–Crippen MR) is 48.7 cm³/mol. The van der Waals surface area contributed by atoms with Gasteiger partial charge in [-0.05, 0) is 19.1 Å². The molecule has 2 nitrogen and oxygen atoms in total. The number of hydrogen-bond donors (Lipinski definition) is 0. The third-order valence-corrected chi connectivity index (χ3v) is 2.70. The molecule has 0 aromatic carbocycles. The molecule has 0 aliphatic heterocycles. The van der Waals surface area contributed by atoms with Gasteiger partial charge in [0.25, 0.3) is 0 Å². The number of carbonyl (C=O) groups is 1. The lowest BCUT2D eigenvalue weighted by Crippen LogP contribution is -2.13. The highest BCUT2D eigenvalue weighted by atomic mass is 32.1. The fourth-order valence-corrected chi connectivity index (χ4v) is 1.61. The Morgan fingerprint density at radius 3 is 2.82 bits per heavy atom. The van der Waals surface area contributed by atoms with E-state index in [0.717, 1.165) is 22.7 Å². The average molecular weight is 169 g/mol. The van der Waals surface area contributed by atoms with Gasteiger partial charge >= 0.3 is 0 Å². The Labute approximate surface area is 70.5 Å². The van der Waals surface area contributed by atoms with Crippen LogP contribution in [0.25, 0.3) is 0 Å². The summed E-state index contributed by atoms with van der Waals surface area (Å²) in [7, 11) is 2.01. The maximum Gasteiger partial charge on any atom is 0.160 e. The molecule has 1 aromatic heterocycles. The van der Waals surface area contributed by atoms with E-state index in [2.05, 4.69) is 11.8 Å².